The molecule has 0 aliphatic carbocycles. The van der Waals surface area contributed by atoms with Gasteiger partial charge in [-0.15, -0.1) is 0 Å². The number of methoxy groups -OCH3 is 2. The second-order valence-corrected chi connectivity index (χ2v) is 7.04. The molecule has 0 saturated carbocycles. The van der Waals surface area contributed by atoms with E-state index < -0.39 is 0 Å². The molecule has 0 spiro atoms. The predicted molar refractivity (Wildman–Crippen MR) is 115 cm³/mol. The third-order valence-corrected chi connectivity index (χ3v) is 5.08. The van der Waals surface area contributed by atoms with Crippen molar-refractivity contribution in [3.05, 3.63) is 48.0 Å². The number of piperazine rings is 1. The van der Waals surface area contributed by atoms with Crippen molar-refractivity contribution in [2.45, 2.75) is 13.5 Å². The molecule has 30 heavy (non-hydrogen) atoms. The highest BCUT2D eigenvalue weighted by atomic mass is 16.5. The molecule has 1 heterocycles. The number of carbonyl (C=O) groups is 1. The van der Waals surface area contributed by atoms with E-state index in [4.69, 9.17) is 18.9 Å². The van der Waals surface area contributed by atoms with Crippen molar-refractivity contribution in [3.8, 4) is 23.0 Å². The largest absolute Gasteiger partial charge is 0.497 e. The Kier molecular flexibility index (Phi) is 7.79. The molecule has 3 rings (SSSR count). The van der Waals surface area contributed by atoms with Gasteiger partial charge < -0.3 is 23.8 Å². The first-order chi connectivity index (χ1) is 14.6. The quantitative estimate of drug-likeness (QED) is 0.629. The van der Waals surface area contributed by atoms with Crippen LogP contribution >= 0.6 is 0 Å². The monoisotopic (exact) mass is 414 g/mol. The average Bonchev–Trinajstić information content (AvgIpc) is 2.79. The minimum atomic E-state index is 0.00791. The van der Waals surface area contributed by atoms with Gasteiger partial charge in [-0.1, -0.05) is 6.07 Å². The molecule has 0 bridgehead atoms. The second-order valence-electron chi connectivity index (χ2n) is 7.04. The molecule has 7 heteroatoms. The minimum Gasteiger partial charge on any atom is -0.497 e. The van der Waals surface area contributed by atoms with Crippen LogP contribution in [-0.2, 0) is 11.3 Å². The SMILES string of the molecule is CCOc1cc(CN2CCN(C(=O)COc3ccc(OC)cc3)CC2)ccc1OC. The molecule has 2 aromatic carbocycles. The Balaban J connectivity index is 1.46. The average molecular weight is 415 g/mol. The number of amides is 1. The molecule has 162 valence electrons. The Hall–Kier alpha value is -2.93. The zero-order valence-electron chi connectivity index (χ0n) is 17.9. The van der Waals surface area contributed by atoms with E-state index in [1.54, 1.807) is 26.4 Å². The van der Waals surface area contributed by atoms with Crippen LogP contribution in [0.3, 0.4) is 0 Å². The maximum absolute atomic E-state index is 12.5. The van der Waals surface area contributed by atoms with E-state index in [9.17, 15) is 4.79 Å². The van der Waals surface area contributed by atoms with Gasteiger partial charge in [0.05, 0.1) is 20.8 Å². The summed E-state index contributed by atoms with van der Waals surface area (Å²) in [5.74, 6) is 2.94. The van der Waals surface area contributed by atoms with Crippen molar-refractivity contribution in [2.24, 2.45) is 0 Å². The first-order valence-electron chi connectivity index (χ1n) is 10.2. The van der Waals surface area contributed by atoms with Crippen LogP contribution in [-0.4, -0.2) is 69.3 Å². The fraction of sp³-hybridized carbons (Fsp3) is 0.435. The van der Waals surface area contributed by atoms with Crippen molar-refractivity contribution in [1.29, 1.82) is 0 Å². The number of benzene rings is 2. The summed E-state index contributed by atoms with van der Waals surface area (Å²) in [6, 6.07) is 13.3. The lowest BCUT2D eigenvalue weighted by molar-refractivity contribution is -0.135. The molecule has 1 aliphatic heterocycles. The standard InChI is InChI=1S/C23H30N2O5/c1-4-29-22-15-18(5-10-21(22)28-3)16-24-11-13-25(14-12-24)23(26)17-30-20-8-6-19(27-2)7-9-20/h5-10,15H,4,11-14,16-17H2,1-3H3. The molecule has 1 saturated heterocycles. The second kappa shape index (κ2) is 10.7. The molecular formula is C23H30N2O5. The molecule has 0 atom stereocenters. The number of carbonyl (C=O) groups excluding carboxylic acids is 1. The highest BCUT2D eigenvalue weighted by Gasteiger charge is 2.21. The Morgan fingerprint density at radius 3 is 2.20 bits per heavy atom. The Bertz CT molecular complexity index is 817. The van der Waals surface area contributed by atoms with E-state index in [-0.39, 0.29) is 12.5 Å². The van der Waals surface area contributed by atoms with Gasteiger partial charge in [-0.05, 0) is 48.9 Å². The predicted octanol–water partition coefficient (Wildman–Crippen LogP) is 2.83. The zero-order valence-corrected chi connectivity index (χ0v) is 17.9. The summed E-state index contributed by atoms with van der Waals surface area (Å²) in [5.41, 5.74) is 1.17. The summed E-state index contributed by atoms with van der Waals surface area (Å²) >= 11 is 0. The normalized spacial score (nSPS) is 14.3. The molecule has 0 aromatic heterocycles. The topological polar surface area (TPSA) is 60.5 Å². The summed E-state index contributed by atoms with van der Waals surface area (Å²) in [4.78, 5) is 16.7. The lowest BCUT2D eigenvalue weighted by Crippen LogP contribution is -2.49. The number of ether oxygens (including phenoxy) is 4. The maximum atomic E-state index is 12.5. The van der Waals surface area contributed by atoms with Crippen LogP contribution in [0.25, 0.3) is 0 Å². The zero-order chi connectivity index (χ0) is 21.3. The summed E-state index contributed by atoms with van der Waals surface area (Å²) in [6.45, 7) is 6.45. The molecule has 1 amide bonds. The maximum Gasteiger partial charge on any atom is 0.260 e. The van der Waals surface area contributed by atoms with Crippen LogP contribution in [0.2, 0.25) is 0 Å². The van der Waals surface area contributed by atoms with Gasteiger partial charge in [0.25, 0.3) is 5.91 Å². The van der Waals surface area contributed by atoms with Crippen LogP contribution in [0.1, 0.15) is 12.5 Å². The Labute approximate surface area is 178 Å². The van der Waals surface area contributed by atoms with Crippen LogP contribution in [0.4, 0.5) is 0 Å². The van der Waals surface area contributed by atoms with Gasteiger partial charge in [0.15, 0.2) is 18.1 Å². The molecule has 1 fully saturated rings. The highest BCUT2D eigenvalue weighted by molar-refractivity contribution is 5.77. The van der Waals surface area contributed by atoms with Crippen molar-refractivity contribution in [3.63, 3.8) is 0 Å². The number of hydrogen-bond acceptors (Lipinski definition) is 6. The summed E-state index contributed by atoms with van der Waals surface area (Å²) in [5, 5.41) is 0. The number of rotatable bonds is 9. The van der Waals surface area contributed by atoms with Crippen LogP contribution in [0.15, 0.2) is 42.5 Å². The first-order valence-corrected chi connectivity index (χ1v) is 10.2. The molecule has 0 N–H and O–H groups in total. The van der Waals surface area contributed by atoms with E-state index in [0.29, 0.717) is 25.4 Å². The van der Waals surface area contributed by atoms with E-state index in [2.05, 4.69) is 11.0 Å². The molecule has 0 radical (unpaired) electrons. The van der Waals surface area contributed by atoms with Gasteiger partial charge in [-0.25, -0.2) is 0 Å². The van der Waals surface area contributed by atoms with Crippen LogP contribution in [0.5, 0.6) is 23.0 Å². The lowest BCUT2D eigenvalue weighted by atomic mass is 10.1. The first kappa shape index (κ1) is 21.8. The van der Waals surface area contributed by atoms with Crippen molar-refractivity contribution < 1.29 is 23.7 Å². The van der Waals surface area contributed by atoms with Crippen molar-refractivity contribution in [1.82, 2.24) is 9.80 Å². The number of hydrogen-bond donors (Lipinski definition) is 0. The van der Waals surface area contributed by atoms with Crippen molar-refractivity contribution >= 4 is 5.91 Å². The fourth-order valence-corrected chi connectivity index (χ4v) is 3.41. The smallest absolute Gasteiger partial charge is 0.260 e. The summed E-state index contributed by atoms with van der Waals surface area (Å²) in [6.07, 6.45) is 0. The summed E-state index contributed by atoms with van der Waals surface area (Å²) in [7, 11) is 3.26. The molecule has 7 nitrogen and oxygen atoms in total. The fourth-order valence-electron chi connectivity index (χ4n) is 3.41. The Morgan fingerprint density at radius 2 is 1.57 bits per heavy atom. The number of nitrogens with zero attached hydrogens (tertiary/aromatic N) is 2. The summed E-state index contributed by atoms with van der Waals surface area (Å²) < 4.78 is 21.8. The van der Waals surface area contributed by atoms with E-state index in [0.717, 1.165) is 36.9 Å². The van der Waals surface area contributed by atoms with Gasteiger partial charge in [0.2, 0.25) is 0 Å². The third-order valence-electron chi connectivity index (χ3n) is 5.08. The minimum absolute atomic E-state index is 0.00791. The van der Waals surface area contributed by atoms with Crippen molar-refractivity contribution in [2.75, 3.05) is 53.6 Å². The molecule has 0 unspecified atom stereocenters. The van der Waals surface area contributed by atoms with E-state index in [1.165, 1.54) is 5.56 Å². The molecule has 1 aliphatic rings. The Morgan fingerprint density at radius 1 is 0.867 bits per heavy atom. The van der Waals surface area contributed by atoms with Gasteiger partial charge in [-0.3, -0.25) is 9.69 Å². The van der Waals surface area contributed by atoms with E-state index in [1.807, 2.05) is 36.1 Å². The third kappa shape index (κ3) is 5.79. The molecule has 2 aromatic rings. The molecular weight excluding hydrogens is 384 g/mol. The van der Waals surface area contributed by atoms with E-state index >= 15 is 0 Å². The van der Waals surface area contributed by atoms with Crippen LogP contribution in [0, 0.1) is 0 Å². The van der Waals surface area contributed by atoms with Crippen LogP contribution < -0.4 is 18.9 Å². The van der Waals surface area contributed by atoms with Gasteiger partial charge in [-0.2, -0.15) is 0 Å². The van der Waals surface area contributed by atoms with Gasteiger partial charge in [0, 0.05) is 32.7 Å². The lowest BCUT2D eigenvalue weighted by Gasteiger charge is -2.34. The van der Waals surface area contributed by atoms with Gasteiger partial charge >= 0.3 is 0 Å². The van der Waals surface area contributed by atoms with Gasteiger partial charge in [0.1, 0.15) is 11.5 Å². The highest BCUT2D eigenvalue weighted by Crippen LogP contribution is 2.28.